The van der Waals surface area contributed by atoms with E-state index in [0.29, 0.717) is 0 Å². The minimum atomic E-state index is 0.717. The van der Waals surface area contributed by atoms with Gasteiger partial charge >= 0.3 is 0 Å². The second-order valence-corrected chi connectivity index (χ2v) is 6.76. The first-order valence-corrected chi connectivity index (χ1v) is 8.07. The van der Waals surface area contributed by atoms with Crippen LogP contribution in [0.25, 0.3) is 0 Å². The molecule has 1 aliphatic rings. The summed E-state index contributed by atoms with van der Waals surface area (Å²) in [4.78, 5) is 0. The number of hydrogen-bond acceptors (Lipinski definition) is 0. The molecule has 0 saturated heterocycles. The van der Waals surface area contributed by atoms with E-state index >= 15 is 0 Å². The van der Waals surface area contributed by atoms with Crippen LogP contribution in [0.15, 0.2) is 0 Å². The zero-order valence-corrected chi connectivity index (χ0v) is 12.9. The lowest BCUT2D eigenvalue weighted by Gasteiger charge is -2.16. The van der Waals surface area contributed by atoms with E-state index in [-0.39, 0.29) is 0 Å². The summed E-state index contributed by atoms with van der Waals surface area (Å²) in [5.74, 6) is 3.01. The van der Waals surface area contributed by atoms with Crippen LogP contribution < -0.4 is 0 Å². The largest absolute Gasteiger partial charge is 0.0651 e. The van der Waals surface area contributed by atoms with Crippen LogP contribution in [0.4, 0.5) is 0 Å². The molecular formula is C17H34. The topological polar surface area (TPSA) is 0 Å². The Bertz CT molecular complexity index is 204. The Hall–Kier alpha value is 0. The van der Waals surface area contributed by atoms with Gasteiger partial charge in [-0.05, 0) is 29.6 Å². The standard InChI is InChI=1S/C17H34/c1-6-15(7-2)12-10-9-11-14(4)16-13-17(16,5)8-3/h14-16H,6-13H2,1-5H3. The van der Waals surface area contributed by atoms with Gasteiger partial charge in [0, 0.05) is 0 Å². The molecule has 0 bridgehead atoms. The predicted molar refractivity (Wildman–Crippen MR) is 78.2 cm³/mol. The molecular weight excluding hydrogens is 204 g/mol. The Morgan fingerprint density at radius 1 is 1.06 bits per heavy atom. The van der Waals surface area contributed by atoms with E-state index in [2.05, 4.69) is 34.6 Å². The maximum atomic E-state index is 2.49. The monoisotopic (exact) mass is 238 g/mol. The van der Waals surface area contributed by atoms with E-state index in [4.69, 9.17) is 0 Å². The van der Waals surface area contributed by atoms with Crippen LogP contribution in [0.3, 0.4) is 0 Å². The fourth-order valence-electron chi connectivity index (χ4n) is 3.54. The maximum absolute atomic E-state index is 2.49. The molecule has 1 rings (SSSR count). The van der Waals surface area contributed by atoms with Crippen LogP contribution in [0.5, 0.6) is 0 Å². The Kier molecular flexibility index (Phi) is 6.03. The zero-order chi connectivity index (χ0) is 12.9. The second-order valence-electron chi connectivity index (χ2n) is 6.76. The number of hydrogen-bond donors (Lipinski definition) is 0. The molecule has 1 saturated carbocycles. The molecule has 0 heterocycles. The van der Waals surface area contributed by atoms with Crippen molar-refractivity contribution in [1.82, 2.24) is 0 Å². The summed E-state index contributed by atoms with van der Waals surface area (Å²) in [7, 11) is 0. The third-order valence-corrected chi connectivity index (χ3v) is 5.59. The van der Waals surface area contributed by atoms with Crippen molar-refractivity contribution in [2.75, 3.05) is 0 Å². The third kappa shape index (κ3) is 4.30. The highest BCUT2D eigenvalue weighted by Crippen LogP contribution is 2.59. The second kappa shape index (κ2) is 6.81. The van der Waals surface area contributed by atoms with Crippen LogP contribution >= 0.6 is 0 Å². The molecule has 102 valence electrons. The van der Waals surface area contributed by atoms with E-state index in [1.165, 1.54) is 51.4 Å². The highest BCUT2D eigenvalue weighted by molar-refractivity contribution is 4.99. The predicted octanol–water partition coefficient (Wildman–Crippen LogP) is 6.06. The Morgan fingerprint density at radius 2 is 1.65 bits per heavy atom. The van der Waals surface area contributed by atoms with E-state index < -0.39 is 0 Å². The highest BCUT2D eigenvalue weighted by atomic mass is 14.5. The lowest BCUT2D eigenvalue weighted by molar-refractivity contribution is 0.351. The van der Waals surface area contributed by atoms with Crippen LogP contribution in [0.1, 0.15) is 86.0 Å². The van der Waals surface area contributed by atoms with Crippen molar-refractivity contribution >= 4 is 0 Å². The molecule has 0 amide bonds. The molecule has 1 aliphatic carbocycles. The third-order valence-electron chi connectivity index (χ3n) is 5.59. The molecule has 0 nitrogen and oxygen atoms in total. The van der Waals surface area contributed by atoms with Gasteiger partial charge in [-0.25, -0.2) is 0 Å². The number of unbranched alkanes of at least 4 members (excludes halogenated alkanes) is 1. The van der Waals surface area contributed by atoms with Gasteiger partial charge < -0.3 is 0 Å². The molecule has 0 heteroatoms. The van der Waals surface area contributed by atoms with Crippen molar-refractivity contribution in [3.05, 3.63) is 0 Å². The van der Waals surface area contributed by atoms with Crippen LogP contribution in [0, 0.1) is 23.2 Å². The van der Waals surface area contributed by atoms with Gasteiger partial charge in [0.1, 0.15) is 0 Å². The van der Waals surface area contributed by atoms with Crippen molar-refractivity contribution in [1.29, 1.82) is 0 Å². The lowest BCUT2D eigenvalue weighted by atomic mass is 9.90. The zero-order valence-electron chi connectivity index (χ0n) is 12.9. The summed E-state index contributed by atoms with van der Waals surface area (Å²) in [6, 6.07) is 0. The van der Waals surface area contributed by atoms with Gasteiger partial charge in [-0.3, -0.25) is 0 Å². The van der Waals surface area contributed by atoms with Crippen molar-refractivity contribution in [3.8, 4) is 0 Å². The van der Waals surface area contributed by atoms with Gasteiger partial charge in [0.05, 0.1) is 0 Å². The highest BCUT2D eigenvalue weighted by Gasteiger charge is 2.50. The lowest BCUT2D eigenvalue weighted by Crippen LogP contribution is -2.05. The molecule has 3 atom stereocenters. The molecule has 0 aromatic carbocycles. The maximum Gasteiger partial charge on any atom is -0.0294 e. The average Bonchev–Trinajstić information content (AvgIpc) is 3.03. The Morgan fingerprint density at radius 3 is 2.12 bits per heavy atom. The smallest absolute Gasteiger partial charge is 0.0294 e. The summed E-state index contributed by atoms with van der Waals surface area (Å²) in [5, 5.41) is 0. The van der Waals surface area contributed by atoms with Crippen molar-refractivity contribution in [2.45, 2.75) is 86.0 Å². The summed E-state index contributed by atoms with van der Waals surface area (Å²) in [5.41, 5.74) is 0.717. The Balaban J connectivity index is 2.07. The van der Waals surface area contributed by atoms with Gasteiger partial charge in [-0.2, -0.15) is 0 Å². The minimum absolute atomic E-state index is 0.717. The van der Waals surface area contributed by atoms with E-state index in [1.54, 1.807) is 0 Å². The van der Waals surface area contributed by atoms with Crippen molar-refractivity contribution in [2.24, 2.45) is 23.2 Å². The van der Waals surface area contributed by atoms with Gasteiger partial charge in [-0.15, -0.1) is 0 Å². The molecule has 1 fully saturated rings. The fourth-order valence-corrected chi connectivity index (χ4v) is 3.54. The van der Waals surface area contributed by atoms with E-state index in [1.807, 2.05) is 0 Å². The quantitative estimate of drug-likeness (QED) is 0.429. The molecule has 0 aromatic heterocycles. The summed E-state index contributed by atoms with van der Waals surface area (Å²) >= 11 is 0. The fraction of sp³-hybridized carbons (Fsp3) is 1.00. The molecule has 0 aromatic rings. The van der Waals surface area contributed by atoms with Gasteiger partial charge in [0.25, 0.3) is 0 Å². The molecule has 0 spiro atoms. The summed E-state index contributed by atoms with van der Waals surface area (Å²) < 4.78 is 0. The SMILES string of the molecule is CCC(CC)CCCCC(C)C1CC1(C)CC. The first-order chi connectivity index (χ1) is 8.07. The van der Waals surface area contributed by atoms with E-state index in [9.17, 15) is 0 Å². The normalized spacial score (nSPS) is 29.6. The van der Waals surface area contributed by atoms with Crippen molar-refractivity contribution in [3.63, 3.8) is 0 Å². The van der Waals surface area contributed by atoms with Gasteiger partial charge in [-0.1, -0.05) is 79.6 Å². The molecule has 0 aliphatic heterocycles. The average molecular weight is 238 g/mol. The Labute approximate surface area is 110 Å². The van der Waals surface area contributed by atoms with Crippen LogP contribution in [-0.2, 0) is 0 Å². The first-order valence-electron chi connectivity index (χ1n) is 8.07. The molecule has 3 unspecified atom stereocenters. The molecule has 0 radical (unpaired) electrons. The van der Waals surface area contributed by atoms with Crippen molar-refractivity contribution < 1.29 is 0 Å². The summed E-state index contributed by atoms with van der Waals surface area (Å²) in [6.07, 6.45) is 11.5. The van der Waals surface area contributed by atoms with Crippen LogP contribution in [0.2, 0.25) is 0 Å². The molecule has 0 N–H and O–H groups in total. The minimum Gasteiger partial charge on any atom is -0.0651 e. The number of rotatable bonds is 9. The molecule has 17 heavy (non-hydrogen) atoms. The van der Waals surface area contributed by atoms with Gasteiger partial charge in [0.2, 0.25) is 0 Å². The van der Waals surface area contributed by atoms with Gasteiger partial charge in [0.15, 0.2) is 0 Å². The first kappa shape index (κ1) is 15.1. The summed E-state index contributed by atoms with van der Waals surface area (Å²) in [6.45, 7) is 12.0. The van der Waals surface area contributed by atoms with Crippen LogP contribution in [-0.4, -0.2) is 0 Å². The van der Waals surface area contributed by atoms with E-state index in [0.717, 1.165) is 23.2 Å².